The van der Waals surface area contributed by atoms with Crippen molar-refractivity contribution in [2.75, 3.05) is 0 Å². The van der Waals surface area contributed by atoms with Crippen molar-refractivity contribution >= 4 is 48.3 Å². The van der Waals surface area contributed by atoms with E-state index in [0.717, 1.165) is 31.6 Å². The van der Waals surface area contributed by atoms with Crippen LogP contribution >= 0.6 is 11.3 Å². The lowest BCUT2D eigenvalue weighted by molar-refractivity contribution is 0.622. The molecule has 2 radical (unpaired) electrons. The Balaban J connectivity index is 2.51. The molecule has 0 unspecified atom stereocenters. The van der Waals surface area contributed by atoms with Gasteiger partial charge in [0.1, 0.15) is 5.82 Å². The first-order valence-corrected chi connectivity index (χ1v) is 6.33. The largest absolute Gasteiger partial charge is 0.653 e. The standard InChI is InChI=1S/C12H8FNOS.Al/c1-6-2-8(15)11-9(3-6)16-10-4-7(13)5-14-12(10)11;/h2-5,15H,1H3;/q;+1/p-1. The fourth-order valence-electron chi connectivity index (χ4n) is 1.93. The number of thiophene rings is 1. The molecule has 0 saturated carbocycles. The highest BCUT2D eigenvalue weighted by Crippen LogP contribution is 2.39. The Labute approximate surface area is 110 Å². The van der Waals surface area contributed by atoms with E-state index in [2.05, 4.69) is 27.7 Å². The molecule has 17 heavy (non-hydrogen) atoms. The number of pyridine rings is 1. The van der Waals surface area contributed by atoms with Crippen LogP contribution in [-0.4, -0.2) is 21.6 Å². The van der Waals surface area contributed by atoms with Crippen LogP contribution in [0.1, 0.15) is 5.56 Å². The van der Waals surface area contributed by atoms with Crippen LogP contribution in [0, 0.1) is 12.7 Å². The summed E-state index contributed by atoms with van der Waals surface area (Å²) in [4.78, 5) is 4.15. The third kappa shape index (κ3) is 1.71. The van der Waals surface area contributed by atoms with Crippen LogP contribution in [0.5, 0.6) is 5.75 Å². The van der Waals surface area contributed by atoms with Gasteiger partial charge in [-0.25, -0.2) is 4.39 Å². The van der Waals surface area contributed by atoms with Crippen molar-refractivity contribution in [1.29, 1.82) is 0 Å². The van der Waals surface area contributed by atoms with E-state index in [1.165, 1.54) is 23.6 Å². The van der Waals surface area contributed by atoms with Crippen molar-refractivity contribution in [3.05, 3.63) is 35.8 Å². The van der Waals surface area contributed by atoms with E-state index < -0.39 is 0 Å². The van der Waals surface area contributed by atoms with Gasteiger partial charge < -0.3 is 3.79 Å². The van der Waals surface area contributed by atoms with Gasteiger partial charge in [0, 0.05) is 4.70 Å². The predicted molar refractivity (Wildman–Crippen MR) is 68.2 cm³/mol. The first-order valence-electron chi connectivity index (χ1n) is 5.04. The molecule has 2 heterocycles. The number of aryl methyl sites for hydroxylation is 1. The minimum atomic E-state index is -0.311. The lowest BCUT2D eigenvalue weighted by Gasteiger charge is -2.05. The fourth-order valence-corrected chi connectivity index (χ4v) is 3.32. The number of nitrogens with zero attached hydrogens (tertiary/aromatic N) is 1. The predicted octanol–water partition coefficient (Wildman–Crippen LogP) is 3.36. The number of rotatable bonds is 1. The quantitative estimate of drug-likeness (QED) is 0.625. The average molecular weight is 259 g/mol. The third-order valence-corrected chi connectivity index (χ3v) is 3.94. The number of halogens is 1. The Morgan fingerprint density at radius 2 is 2.12 bits per heavy atom. The molecule has 3 rings (SSSR count). The van der Waals surface area contributed by atoms with Crippen LogP contribution < -0.4 is 3.79 Å². The summed E-state index contributed by atoms with van der Waals surface area (Å²) in [5.74, 6) is 0.449. The molecule has 0 bridgehead atoms. The molecule has 82 valence electrons. The smallest absolute Gasteiger partial charge is 0.482 e. The minimum absolute atomic E-state index is 0.311. The van der Waals surface area contributed by atoms with E-state index in [1.54, 1.807) is 0 Å². The van der Waals surface area contributed by atoms with E-state index in [9.17, 15) is 4.39 Å². The lowest BCUT2D eigenvalue weighted by atomic mass is 10.1. The molecule has 2 nitrogen and oxygen atoms in total. The SMILES string of the molecule is Cc1cc([O][Al])c2c(c1)sc1cc(F)cnc12. The molecule has 0 spiro atoms. The zero-order valence-electron chi connectivity index (χ0n) is 9.03. The first-order chi connectivity index (χ1) is 8.19. The lowest BCUT2D eigenvalue weighted by Crippen LogP contribution is -1.87. The molecule has 0 saturated heterocycles. The van der Waals surface area contributed by atoms with Gasteiger partial charge in [0.05, 0.1) is 27.5 Å². The maximum atomic E-state index is 13.1. The molecule has 1 aromatic carbocycles. The van der Waals surface area contributed by atoms with Crippen LogP contribution in [0.25, 0.3) is 20.3 Å². The van der Waals surface area contributed by atoms with Crippen molar-refractivity contribution in [2.45, 2.75) is 6.92 Å². The summed E-state index contributed by atoms with van der Waals surface area (Å²) in [5, 5.41) is 0.950. The molecule has 0 aliphatic carbocycles. The highest BCUT2D eigenvalue weighted by molar-refractivity contribution is 7.25. The summed E-state index contributed by atoms with van der Waals surface area (Å²) in [6.45, 7) is 2.00. The van der Waals surface area contributed by atoms with E-state index >= 15 is 0 Å². The molecule has 0 amide bonds. The second-order valence-electron chi connectivity index (χ2n) is 3.86. The van der Waals surface area contributed by atoms with Crippen molar-refractivity contribution in [3.8, 4) is 5.75 Å². The van der Waals surface area contributed by atoms with Gasteiger partial charge in [-0.1, -0.05) is 0 Å². The first kappa shape index (κ1) is 11.0. The van der Waals surface area contributed by atoms with Gasteiger partial charge in [-0.2, -0.15) is 0 Å². The van der Waals surface area contributed by atoms with Gasteiger partial charge in [0.25, 0.3) is 0 Å². The normalized spacial score (nSPS) is 11.2. The third-order valence-electron chi connectivity index (χ3n) is 2.61. The Morgan fingerprint density at radius 3 is 2.88 bits per heavy atom. The van der Waals surface area contributed by atoms with Crippen molar-refractivity contribution in [1.82, 2.24) is 4.98 Å². The summed E-state index contributed by atoms with van der Waals surface area (Å²) in [5.41, 5.74) is 1.91. The average Bonchev–Trinajstić information content (AvgIpc) is 2.64. The summed E-state index contributed by atoms with van der Waals surface area (Å²) in [6.07, 6.45) is 1.24. The van der Waals surface area contributed by atoms with Gasteiger partial charge in [-0.05, 0) is 30.7 Å². The van der Waals surface area contributed by atoms with Gasteiger partial charge in [-0.3, -0.25) is 4.98 Å². The minimum Gasteiger partial charge on any atom is -0.653 e. The monoisotopic (exact) mass is 259 g/mol. The van der Waals surface area contributed by atoms with Gasteiger partial charge >= 0.3 is 16.6 Å². The van der Waals surface area contributed by atoms with Gasteiger partial charge in [-0.15, -0.1) is 11.3 Å². The van der Waals surface area contributed by atoms with Crippen LogP contribution in [0.15, 0.2) is 24.4 Å². The number of aromatic nitrogens is 1. The Bertz CT molecular complexity index is 725. The molecule has 5 heteroatoms. The zero-order chi connectivity index (χ0) is 12.0. The highest BCUT2D eigenvalue weighted by atomic mass is 32.1. The van der Waals surface area contributed by atoms with Crippen molar-refractivity contribution < 1.29 is 8.18 Å². The molecular formula is C12H7AlFNOS. The summed E-state index contributed by atoms with van der Waals surface area (Å²) < 4.78 is 20.3. The number of benzene rings is 1. The Kier molecular flexibility index (Phi) is 2.55. The van der Waals surface area contributed by atoms with E-state index in [1.807, 2.05) is 13.0 Å². The summed E-state index contributed by atoms with van der Waals surface area (Å²) in [6, 6.07) is 5.52. The molecule has 0 fully saturated rings. The van der Waals surface area contributed by atoms with Gasteiger partial charge in [0.2, 0.25) is 0 Å². The molecule has 3 aromatic rings. The molecule has 2 aromatic heterocycles. The van der Waals surface area contributed by atoms with Gasteiger partial charge in [0.15, 0.2) is 0 Å². The second kappa shape index (κ2) is 3.95. The van der Waals surface area contributed by atoms with Crippen LogP contribution in [0.2, 0.25) is 0 Å². The van der Waals surface area contributed by atoms with E-state index in [-0.39, 0.29) is 5.82 Å². The number of hydrogen-bond acceptors (Lipinski definition) is 3. The highest BCUT2D eigenvalue weighted by Gasteiger charge is 2.11. The maximum Gasteiger partial charge on any atom is 0.482 e. The maximum absolute atomic E-state index is 13.1. The topological polar surface area (TPSA) is 22.1 Å². The van der Waals surface area contributed by atoms with Crippen molar-refractivity contribution in [2.24, 2.45) is 0 Å². The fraction of sp³-hybridized carbons (Fsp3) is 0.0833. The van der Waals surface area contributed by atoms with E-state index in [4.69, 9.17) is 3.79 Å². The van der Waals surface area contributed by atoms with Crippen molar-refractivity contribution in [3.63, 3.8) is 0 Å². The molecule has 0 atom stereocenters. The van der Waals surface area contributed by atoms with E-state index in [0.29, 0.717) is 0 Å². The summed E-state index contributed by atoms with van der Waals surface area (Å²) >= 11 is 3.77. The summed E-state index contributed by atoms with van der Waals surface area (Å²) in [7, 11) is 0. The molecule has 0 aliphatic heterocycles. The number of fused-ring (bicyclic) bond motifs is 3. The van der Waals surface area contributed by atoms with Crippen LogP contribution in [0.3, 0.4) is 0 Å². The van der Waals surface area contributed by atoms with Crippen LogP contribution in [-0.2, 0) is 0 Å². The van der Waals surface area contributed by atoms with Crippen LogP contribution in [0.4, 0.5) is 4.39 Å². The number of hydrogen-bond donors (Lipinski definition) is 0. The molecule has 0 N–H and O–H groups in total. The Hall–Kier alpha value is -1.15. The second-order valence-corrected chi connectivity index (χ2v) is 5.18. The zero-order valence-corrected chi connectivity index (χ0v) is 11.0. The Morgan fingerprint density at radius 1 is 1.29 bits per heavy atom. The molecular weight excluding hydrogens is 252 g/mol. The molecule has 0 aliphatic rings.